The minimum absolute atomic E-state index is 0.0247. The molecule has 0 aliphatic rings. The number of rotatable bonds is 2. The van der Waals surface area contributed by atoms with Crippen LogP contribution >= 0.6 is 0 Å². The molecule has 9 heavy (non-hydrogen) atoms. The molecule has 0 spiro atoms. The number of carbonyl (C=O) groups is 1. The molecule has 0 heterocycles. The van der Waals surface area contributed by atoms with E-state index in [2.05, 4.69) is 5.92 Å². The summed E-state index contributed by atoms with van der Waals surface area (Å²) in [4.78, 5) is 10.2. The van der Waals surface area contributed by atoms with Crippen LogP contribution in [0, 0.1) is 12.3 Å². The zero-order valence-electron chi connectivity index (χ0n) is 5.29. The van der Waals surface area contributed by atoms with Gasteiger partial charge in [0.25, 0.3) is 0 Å². The fourth-order valence-corrected chi connectivity index (χ4v) is 0.302. The van der Waals surface area contributed by atoms with Gasteiger partial charge in [0.1, 0.15) is 0 Å². The molecule has 0 radical (unpaired) electrons. The Balaban J connectivity index is 3.63. The molecule has 0 saturated carbocycles. The first-order chi connectivity index (χ1) is 4.27. The highest BCUT2D eigenvalue weighted by molar-refractivity contribution is 5.87. The summed E-state index contributed by atoms with van der Waals surface area (Å²) in [5.41, 5.74) is 0. The molecule has 0 amide bonds. The topological polar surface area (TPSA) is 17.1 Å². The largest absolute Gasteiger partial charge is 0.295 e. The Morgan fingerprint density at radius 1 is 1.56 bits per heavy atom. The van der Waals surface area contributed by atoms with Crippen LogP contribution in [0.2, 0.25) is 0 Å². The van der Waals surface area contributed by atoms with Gasteiger partial charge in [-0.05, 0) is 19.1 Å². The number of ketones is 1. The summed E-state index contributed by atoms with van der Waals surface area (Å²) >= 11 is 0. The van der Waals surface area contributed by atoms with Crippen molar-refractivity contribution in [1.82, 2.24) is 0 Å². The highest BCUT2D eigenvalue weighted by Gasteiger charge is 1.75. The number of carbonyl (C=O) groups excluding carboxylic acids is 1. The van der Waals surface area contributed by atoms with Crippen LogP contribution in [0.4, 0.5) is 0 Å². The van der Waals surface area contributed by atoms with E-state index >= 15 is 0 Å². The molecule has 0 rings (SSSR count). The van der Waals surface area contributed by atoms with Crippen molar-refractivity contribution >= 4 is 5.78 Å². The Morgan fingerprint density at radius 3 is 2.67 bits per heavy atom. The van der Waals surface area contributed by atoms with Crippen molar-refractivity contribution in [1.29, 1.82) is 0 Å². The maximum absolute atomic E-state index is 10.2. The molecule has 0 aromatic carbocycles. The number of terminal acetylenes is 1. The summed E-state index contributed by atoms with van der Waals surface area (Å²) in [7, 11) is 0. The normalized spacial score (nSPS) is 10.2. The summed E-state index contributed by atoms with van der Waals surface area (Å²) < 4.78 is 0. The lowest BCUT2D eigenvalue weighted by Gasteiger charge is -1.72. The SMILES string of the molecule is C#CC=CC=CC(C)=O. The van der Waals surface area contributed by atoms with Gasteiger partial charge in [0, 0.05) is 0 Å². The van der Waals surface area contributed by atoms with Gasteiger partial charge in [0.05, 0.1) is 0 Å². The molecule has 46 valence electrons. The first-order valence-corrected chi connectivity index (χ1v) is 2.57. The van der Waals surface area contributed by atoms with Crippen LogP contribution in [0.1, 0.15) is 6.92 Å². The molecule has 0 unspecified atom stereocenters. The predicted molar refractivity (Wildman–Crippen MR) is 37.8 cm³/mol. The molecule has 0 aromatic heterocycles. The Hall–Kier alpha value is -1.29. The molecule has 0 aromatic rings. The Bertz CT molecular complexity index is 179. The van der Waals surface area contributed by atoms with Crippen LogP contribution in [-0.2, 0) is 4.79 Å². The second-order valence-corrected chi connectivity index (χ2v) is 1.50. The highest BCUT2D eigenvalue weighted by atomic mass is 16.1. The van der Waals surface area contributed by atoms with Crippen molar-refractivity contribution in [3.8, 4) is 12.3 Å². The van der Waals surface area contributed by atoms with Gasteiger partial charge in [0.15, 0.2) is 5.78 Å². The maximum Gasteiger partial charge on any atom is 0.152 e. The van der Waals surface area contributed by atoms with Crippen LogP contribution in [0.25, 0.3) is 0 Å². The molecular formula is C8H8O. The lowest BCUT2D eigenvalue weighted by atomic mass is 10.4. The molecule has 0 atom stereocenters. The van der Waals surface area contributed by atoms with Gasteiger partial charge in [-0.3, -0.25) is 4.79 Å². The monoisotopic (exact) mass is 120 g/mol. The summed E-state index contributed by atoms with van der Waals surface area (Å²) in [5.74, 6) is 2.32. The van der Waals surface area contributed by atoms with Crippen molar-refractivity contribution in [2.24, 2.45) is 0 Å². The quantitative estimate of drug-likeness (QED) is 0.305. The van der Waals surface area contributed by atoms with Gasteiger partial charge in [0.2, 0.25) is 0 Å². The second kappa shape index (κ2) is 4.86. The lowest BCUT2D eigenvalue weighted by molar-refractivity contribution is -0.112. The summed E-state index contributed by atoms with van der Waals surface area (Å²) in [5, 5.41) is 0. The molecule has 1 nitrogen and oxygen atoms in total. The van der Waals surface area contributed by atoms with E-state index in [1.54, 1.807) is 12.2 Å². The van der Waals surface area contributed by atoms with Crippen LogP contribution in [-0.4, -0.2) is 5.78 Å². The van der Waals surface area contributed by atoms with E-state index in [9.17, 15) is 4.79 Å². The number of hydrogen-bond donors (Lipinski definition) is 0. The molecule has 0 saturated heterocycles. The van der Waals surface area contributed by atoms with Crippen LogP contribution in [0.5, 0.6) is 0 Å². The average Bonchev–Trinajstić information content (AvgIpc) is 1.80. The number of hydrogen-bond acceptors (Lipinski definition) is 1. The summed E-state index contributed by atoms with van der Waals surface area (Å²) in [6.07, 6.45) is 11.1. The van der Waals surface area contributed by atoms with Gasteiger partial charge in [-0.1, -0.05) is 18.1 Å². The van der Waals surface area contributed by atoms with Gasteiger partial charge in [-0.15, -0.1) is 6.42 Å². The minimum Gasteiger partial charge on any atom is -0.295 e. The van der Waals surface area contributed by atoms with Gasteiger partial charge in [-0.2, -0.15) is 0 Å². The standard InChI is InChI=1S/C8H8O/c1-3-4-5-6-7-8(2)9/h1,4-7H,2H3. The minimum atomic E-state index is 0.0247. The van der Waals surface area contributed by atoms with E-state index in [0.717, 1.165) is 0 Å². The van der Waals surface area contributed by atoms with Crippen LogP contribution < -0.4 is 0 Å². The maximum atomic E-state index is 10.2. The van der Waals surface area contributed by atoms with Crippen molar-refractivity contribution < 1.29 is 4.79 Å². The third-order valence-corrected chi connectivity index (χ3v) is 0.634. The third kappa shape index (κ3) is 6.71. The van der Waals surface area contributed by atoms with Crippen molar-refractivity contribution in [3.05, 3.63) is 24.3 Å². The van der Waals surface area contributed by atoms with Crippen molar-refractivity contribution in [3.63, 3.8) is 0 Å². The van der Waals surface area contributed by atoms with Crippen LogP contribution in [0.3, 0.4) is 0 Å². The van der Waals surface area contributed by atoms with Gasteiger partial charge in [-0.25, -0.2) is 0 Å². The van der Waals surface area contributed by atoms with Crippen LogP contribution in [0.15, 0.2) is 24.3 Å². The first-order valence-electron chi connectivity index (χ1n) is 2.57. The second-order valence-electron chi connectivity index (χ2n) is 1.50. The zero-order chi connectivity index (χ0) is 7.11. The van der Waals surface area contributed by atoms with E-state index < -0.39 is 0 Å². The molecule has 0 bridgehead atoms. The predicted octanol–water partition coefficient (Wildman–Crippen LogP) is 1.32. The smallest absolute Gasteiger partial charge is 0.152 e. The first kappa shape index (κ1) is 7.71. The zero-order valence-corrected chi connectivity index (χ0v) is 5.29. The Kier molecular flexibility index (Phi) is 4.16. The molecule has 0 N–H and O–H groups in total. The average molecular weight is 120 g/mol. The number of allylic oxidation sites excluding steroid dienone is 4. The molecular weight excluding hydrogens is 112 g/mol. The fraction of sp³-hybridized carbons (Fsp3) is 0.125. The van der Waals surface area contributed by atoms with E-state index in [0.29, 0.717) is 0 Å². The fourth-order valence-electron chi connectivity index (χ4n) is 0.302. The molecule has 0 aliphatic carbocycles. The lowest BCUT2D eigenvalue weighted by Crippen LogP contribution is -1.77. The Morgan fingerprint density at radius 2 is 2.22 bits per heavy atom. The summed E-state index contributed by atoms with van der Waals surface area (Å²) in [6, 6.07) is 0. The summed E-state index contributed by atoms with van der Waals surface area (Å²) in [6.45, 7) is 1.49. The molecule has 0 fully saturated rings. The molecule has 1 heteroatoms. The van der Waals surface area contributed by atoms with E-state index in [1.165, 1.54) is 19.1 Å². The Labute approximate surface area is 55.1 Å². The van der Waals surface area contributed by atoms with Gasteiger partial charge < -0.3 is 0 Å². The van der Waals surface area contributed by atoms with E-state index in [1.807, 2.05) is 0 Å². The van der Waals surface area contributed by atoms with E-state index in [-0.39, 0.29) is 5.78 Å². The van der Waals surface area contributed by atoms with Crippen molar-refractivity contribution in [2.45, 2.75) is 6.92 Å². The highest BCUT2D eigenvalue weighted by Crippen LogP contribution is 1.76. The van der Waals surface area contributed by atoms with E-state index in [4.69, 9.17) is 6.42 Å². The van der Waals surface area contributed by atoms with Gasteiger partial charge >= 0.3 is 0 Å². The van der Waals surface area contributed by atoms with Crippen molar-refractivity contribution in [2.75, 3.05) is 0 Å². The molecule has 0 aliphatic heterocycles. The third-order valence-electron chi connectivity index (χ3n) is 0.634.